The van der Waals surface area contributed by atoms with Gasteiger partial charge in [0, 0.05) is 17.3 Å². The van der Waals surface area contributed by atoms with Gasteiger partial charge in [-0.25, -0.2) is 4.79 Å². The van der Waals surface area contributed by atoms with Crippen LogP contribution in [0.1, 0.15) is 27.2 Å². The second-order valence-electron chi connectivity index (χ2n) is 6.13. The van der Waals surface area contributed by atoms with Crippen molar-refractivity contribution in [2.45, 2.75) is 38.9 Å². The molecule has 0 aromatic heterocycles. The highest BCUT2D eigenvalue weighted by Gasteiger charge is 2.47. The second kappa shape index (κ2) is 4.43. The predicted octanol–water partition coefficient (Wildman–Crippen LogP) is 2.41. The summed E-state index contributed by atoms with van der Waals surface area (Å²) in [6.07, 6.45) is 0.990. The average molecular weight is 306 g/mol. The molecule has 17 heavy (non-hydrogen) atoms. The van der Waals surface area contributed by atoms with Crippen LogP contribution in [-0.4, -0.2) is 47.7 Å². The van der Waals surface area contributed by atoms with E-state index in [1.807, 2.05) is 20.8 Å². The van der Waals surface area contributed by atoms with E-state index in [-0.39, 0.29) is 17.6 Å². The van der Waals surface area contributed by atoms with Crippen LogP contribution in [0.2, 0.25) is 0 Å². The molecule has 0 N–H and O–H groups in total. The molecule has 2 atom stereocenters. The maximum Gasteiger partial charge on any atom is 0.410 e. The lowest BCUT2D eigenvalue weighted by Gasteiger charge is -2.37. The zero-order valence-electron chi connectivity index (χ0n) is 10.7. The molecule has 0 saturated carbocycles. The van der Waals surface area contributed by atoms with Crippen LogP contribution < -0.4 is 0 Å². The minimum atomic E-state index is -0.435. The van der Waals surface area contributed by atoms with Crippen LogP contribution in [0, 0.1) is 5.41 Å². The van der Waals surface area contributed by atoms with Crippen molar-refractivity contribution in [2.24, 2.45) is 5.41 Å². The minimum absolute atomic E-state index is 0.0832. The maximum absolute atomic E-state index is 12.0. The number of carbonyl (C=O) groups is 1. The summed E-state index contributed by atoms with van der Waals surface area (Å²) in [5.41, 5.74) is -0.351. The molecule has 0 aromatic rings. The number of hydrogen-bond acceptors (Lipinski definition) is 3. The van der Waals surface area contributed by atoms with E-state index in [0.29, 0.717) is 6.54 Å². The van der Waals surface area contributed by atoms with Crippen LogP contribution in [0.5, 0.6) is 0 Å². The Hall–Kier alpha value is -0.290. The number of alkyl halides is 1. The Morgan fingerprint density at radius 1 is 1.59 bits per heavy atom. The molecule has 2 unspecified atom stereocenters. The summed E-state index contributed by atoms with van der Waals surface area (Å²) in [5, 5.41) is 0.871. The molecule has 98 valence electrons. The van der Waals surface area contributed by atoms with Crippen LogP contribution in [0.25, 0.3) is 0 Å². The molecular weight excluding hydrogens is 286 g/mol. The largest absolute Gasteiger partial charge is 0.444 e. The molecule has 2 rings (SSSR count). The van der Waals surface area contributed by atoms with Gasteiger partial charge in [-0.1, -0.05) is 15.9 Å². The van der Waals surface area contributed by atoms with Gasteiger partial charge in [0.2, 0.25) is 0 Å². The highest BCUT2D eigenvalue weighted by atomic mass is 79.9. The van der Waals surface area contributed by atoms with Gasteiger partial charge in [-0.15, -0.1) is 0 Å². The SMILES string of the molecule is CC(C)(C)OC(=O)N1CC2CC(CBr)(CO2)C1. The van der Waals surface area contributed by atoms with Gasteiger partial charge in [-0.2, -0.15) is 0 Å². The van der Waals surface area contributed by atoms with Crippen LogP contribution in [0.4, 0.5) is 4.79 Å². The molecule has 0 radical (unpaired) electrons. The molecule has 0 aliphatic carbocycles. The van der Waals surface area contributed by atoms with Gasteiger partial charge in [-0.3, -0.25) is 0 Å². The number of nitrogens with zero attached hydrogens (tertiary/aromatic N) is 1. The normalized spacial score (nSPS) is 32.7. The molecule has 1 amide bonds. The van der Waals surface area contributed by atoms with E-state index in [9.17, 15) is 4.79 Å². The van der Waals surface area contributed by atoms with E-state index in [1.165, 1.54) is 0 Å². The molecule has 0 spiro atoms. The van der Waals surface area contributed by atoms with Crippen molar-refractivity contribution >= 4 is 22.0 Å². The third-order valence-electron chi connectivity index (χ3n) is 3.17. The zero-order valence-corrected chi connectivity index (χ0v) is 12.2. The number of piperidine rings is 1. The molecule has 5 heteroatoms. The number of amides is 1. The Balaban J connectivity index is 2.01. The number of likely N-dealkylation sites (tertiary alicyclic amines) is 1. The lowest BCUT2D eigenvalue weighted by atomic mass is 9.84. The number of hydrogen-bond donors (Lipinski definition) is 0. The average Bonchev–Trinajstić information content (AvgIpc) is 2.52. The van der Waals surface area contributed by atoms with Crippen molar-refractivity contribution in [3.8, 4) is 0 Å². The first kappa shape index (κ1) is 13.1. The number of halogens is 1. The van der Waals surface area contributed by atoms with E-state index in [2.05, 4.69) is 15.9 Å². The fourth-order valence-corrected chi connectivity index (χ4v) is 3.01. The molecule has 0 aromatic carbocycles. The first-order valence-corrected chi connectivity index (χ1v) is 7.11. The Morgan fingerprint density at radius 2 is 2.29 bits per heavy atom. The van der Waals surface area contributed by atoms with E-state index in [4.69, 9.17) is 9.47 Å². The number of ether oxygens (including phenoxy) is 2. The van der Waals surface area contributed by atoms with Crippen LogP contribution in [-0.2, 0) is 9.47 Å². The molecule has 2 saturated heterocycles. The number of carbonyl (C=O) groups excluding carboxylic acids is 1. The standard InChI is InChI=1S/C12H20BrNO3/c1-11(2,3)17-10(15)14-5-9-4-12(6-13,7-14)8-16-9/h9H,4-8H2,1-3H3. The summed E-state index contributed by atoms with van der Waals surface area (Å²) >= 11 is 3.53. The van der Waals surface area contributed by atoms with E-state index in [1.54, 1.807) is 4.90 Å². The van der Waals surface area contributed by atoms with Crippen LogP contribution >= 0.6 is 15.9 Å². The summed E-state index contributed by atoms with van der Waals surface area (Å²) in [5.74, 6) is 0. The number of rotatable bonds is 1. The Labute approximate surface area is 111 Å². The smallest absolute Gasteiger partial charge is 0.410 e. The summed E-state index contributed by atoms with van der Waals surface area (Å²) in [4.78, 5) is 13.8. The zero-order chi connectivity index (χ0) is 12.7. The van der Waals surface area contributed by atoms with E-state index < -0.39 is 5.60 Å². The van der Waals surface area contributed by atoms with Crippen LogP contribution in [0.15, 0.2) is 0 Å². The molecule has 2 aliphatic heterocycles. The molecule has 2 fully saturated rings. The summed E-state index contributed by atoms with van der Waals surface area (Å²) in [7, 11) is 0. The first-order valence-electron chi connectivity index (χ1n) is 5.99. The van der Waals surface area contributed by atoms with Gasteiger partial charge < -0.3 is 14.4 Å². The second-order valence-corrected chi connectivity index (χ2v) is 6.69. The van der Waals surface area contributed by atoms with Gasteiger partial charge in [0.15, 0.2) is 0 Å². The van der Waals surface area contributed by atoms with Crippen molar-refractivity contribution in [1.82, 2.24) is 4.90 Å². The van der Waals surface area contributed by atoms with Gasteiger partial charge in [-0.05, 0) is 27.2 Å². The van der Waals surface area contributed by atoms with Gasteiger partial charge >= 0.3 is 6.09 Å². The molecule has 2 bridgehead atoms. The van der Waals surface area contributed by atoms with Crippen molar-refractivity contribution in [3.05, 3.63) is 0 Å². The van der Waals surface area contributed by atoms with Gasteiger partial charge in [0.1, 0.15) is 5.60 Å². The fourth-order valence-electron chi connectivity index (χ4n) is 2.44. The van der Waals surface area contributed by atoms with Crippen molar-refractivity contribution in [1.29, 1.82) is 0 Å². The summed E-state index contributed by atoms with van der Waals surface area (Å²) < 4.78 is 11.1. The Morgan fingerprint density at radius 3 is 2.88 bits per heavy atom. The highest BCUT2D eigenvalue weighted by molar-refractivity contribution is 9.09. The highest BCUT2D eigenvalue weighted by Crippen LogP contribution is 2.39. The fraction of sp³-hybridized carbons (Fsp3) is 0.917. The topological polar surface area (TPSA) is 38.8 Å². The quantitative estimate of drug-likeness (QED) is 0.698. The molecule has 4 nitrogen and oxygen atoms in total. The summed E-state index contributed by atoms with van der Waals surface area (Å²) in [6, 6.07) is 0. The lowest BCUT2D eigenvalue weighted by Crippen LogP contribution is -2.50. The molecule has 2 aliphatic rings. The predicted molar refractivity (Wildman–Crippen MR) is 68.4 cm³/mol. The van der Waals surface area contributed by atoms with Crippen LogP contribution in [0.3, 0.4) is 0 Å². The van der Waals surface area contributed by atoms with Crippen molar-refractivity contribution in [2.75, 3.05) is 25.0 Å². The van der Waals surface area contributed by atoms with Crippen molar-refractivity contribution in [3.63, 3.8) is 0 Å². The maximum atomic E-state index is 12.0. The lowest BCUT2D eigenvalue weighted by molar-refractivity contribution is 0.00700. The Kier molecular flexibility index (Phi) is 3.42. The van der Waals surface area contributed by atoms with E-state index >= 15 is 0 Å². The first-order chi connectivity index (χ1) is 7.84. The third-order valence-corrected chi connectivity index (χ3v) is 4.36. The summed E-state index contributed by atoms with van der Waals surface area (Å²) in [6.45, 7) is 7.79. The van der Waals surface area contributed by atoms with E-state index in [0.717, 1.165) is 24.9 Å². The van der Waals surface area contributed by atoms with Gasteiger partial charge in [0.05, 0.1) is 19.3 Å². The van der Waals surface area contributed by atoms with Crippen molar-refractivity contribution < 1.29 is 14.3 Å². The monoisotopic (exact) mass is 305 g/mol. The molecular formula is C12H20BrNO3. The van der Waals surface area contributed by atoms with Gasteiger partial charge in [0.25, 0.3) is 0 Å². The number of fused-ring (bicyclic) bond motifs is 2. The Bertz CT molecular complexity index is 315. The minimum Gasteiger partial charge on any atom is -0.444 e. The molecule has 2 heterocycles. The third kappa shape index (κ3) is 2.94.